The smallest absolute Gasteiger partial charge is 0.223 e. The van der Waals surface area contributed by atoms with Crippen molar-refractivity contribution in [2.45, 2.75) is 38.5 Å². The van der Waals surface area contributed by atoms with Crippen molar-refractivity contribution < 1.29 is 9.53 Å². The van der Waals surface area contributed by atoms with Crippen molar-refractivity contribution in [3.8, 4) is 5.75 Å². The summed E-state index contributed by atoms with van der Waals surface area (Å²) >= 11 is 0. The molecule has 1 saturated heterocycles. The molecule has 32 heavy (non-hydrogen) atoms. The summed E-state index contributed by atoms with van der Waals surface area (Å²) in [4.78, 5) is 17.2. The summed E-state index contributed by atoms with van der Waals surface area (Å²) < 4.78 is 5.85. The quantitative estimate of drug-likeness (QED) is 0.559. The Morgan fingerprint density at radius 2 is 1.56 bits per heavy atom. The van der Waals surface area contributed by atoms with Crippen LogP contribution in [0, 0.1) is 0 Å². The Morgan fingerprint density at radius 3 is 2.34 bits per heavy atom. The van der Waals surface area contributed by atoms with Crippen LogP contribution in [-0.4, -0.2) is 41.4 Å². The summed E-state index contributed by atoms with van der Waals surface area (Å²) in [6, 6.07) is 27.5. The predicted octanol–water partition coefficient (Wildman–Crippen LogP) is 4.47. The third-order valence-electron chi connectivity index (χ3n) is 6.69. The van der Waals surface area contributed by atoms with E-state index in [9.17, 15) is 4.79 Å². The van der Waals surface area contributed by atoms with Gasteiger partial charge in [-0.2, -0.15) is 0 Å². The fraction of sp³-hybridized carbons (Fsp3) is 0.321. The van der Waals surface area contributed by atoms with Gasteiger partial charge in [-0.1, -0.05) is 66.7 Å². The molecule has 0 aromatic heterocycles. The summed E-state index contributed by atoms with van der Waals surface area (Å²) in [5, 5.41) is 0. The van der Waals surface area contributed by atoms with Gasteiger partial charge in [-0.25, -0.2) is 0 Å². The van der Waals surface area contributed by atoms with E-state index >= 15 is 0 Å². The maximum Gasteiger partial charge on any atom is 0.223 e. The molecule has 0 spiro atoms. The zero-order valence-electron chi connectivity index (χ0n) is 18.5. The molecule has 0 aliphatic carbocycles. The number of amides is 1. The Labute approximate surface area is 190 Å². The second kappa shape index (κ2) is 9.58. The van der Waals surface area contributed by atoms with E-state index in [0.29, 0.717) is 19.1 Å². The van der Waals surface area contributed by atoms with Crippen LogP contribution in [0.2, 0.25) is 0 Å². The minimum absolute atomic E-state index is 0.267. The molecular formula is C28H30N2O2. The van der Waals surface area contributed by atoms with Gasteiger partial charge in [-0.3, -0.25) is 9.69 Å². The number of rotatable bonds is 7. The average molecular weight is 427 g/mol. The van der Waals surface area contributed by atoms with Crippen molar-refractivity contribution in [2.75, 3.05) is 19.6 Å². The Hall–Kier alpha value is -3.11. The average Bonchev–Trinajstić information content (AvgIpc) is 2.82. The summed E-state index contributed by atoms with van der Waals surface area (Å²) in [5.74, 6) is 1.13. The predicted molar refractivity (Wildman–Crippen MR) is 126 cm³/mol. The number of fused-ring (bicyclic) bond motifs is 1. The normalized spacial score (nSPS) is 16.3. The number of hydrogen-bond acceptors (Lipinski definition) is 3. The second-order valence-electron chi connectivity index (χ2n) is 8.86. The molecule has 4 nitrogen and oxygen atoms in total. The zero-order chi connectivity index (χ0) is 21.8. The minimum atomic E-state index is 0.267. The van der Waals surface area contributed by atoms with Gasteiger partial charge in [-0.15, -0.1) is 0 Å². The largest absolute Gasteiger partial charge is 0.489 e. The van der Waals surface area contributed by atoms with Gasteiger partial charge in [0.05, 0.1) is 0 Å². The number of benzene rings is 3. The molecule has 4 heteroatoms. The van der Waals surface area contributed by atoms with Crippen molar-refractivity contribution in [1.82, 2.24) is 9.80 Å². The first-order chi connectivity index (χ1) is 15.7. The van der Waals surface area contributed by atoms with Gasteiger partial charge in [0.15, 0.2) is 0 Å². The van der Waals surface area contributed by atoms with Gasteiger partial charge in [0.2, 0.25) is 5.91 Å². The molecule has 5 rings (SSSR count). The van der Waals surface area contributed by atoms with E-state index in [0.717, 1.165) is 50.3 Å². The van der Waals surface area contributed by atoms with Crippen LogP contribution in [-0.2, 0) is 30.8 Å². The molecule has 1 amide bonds. The second-order valence-corrected chi connectivity index (χ2v) is 8.86. The van der Waals surface area contributed by atoms with Gasteiger partial charge in [0.25, 0.3) is 0 Å². The molecule has 2 heterocycles. The Morgan fingerprint density at radius 1 is 0.844 bits per heavy atom. The van der Waals surface area contributed by atoms with Crippen LogP contribution in [0.3, 0.4) is 0 Å². The van der Waals surface area contributed by atoms with Gasteiger partial charge in [0, 0.05) is 38.6 Å². The molecule has 0 bridgehead atoms. The Bertz CT molecular complexity index is 1040. The molecule has 0 radical (unpaired) electrons. The van der Waals surface area contributed by atoms with E-state index < -0.39 is 0 Å². The molecule has 3 aromatic rings. The van der Waals surface area contributed by atoms with E-state index in [-0.39, 0.29) is 5.91 Å². The highest BCUT2D eigenvalue weighted by Crippen LogP contribution is 2.25. The third-order valence-corrected chi connectivity index (χ3v) is 6.69. The van der Waals surface area contributed by atoms with Crippen molar-refractivity contribution in [3.05, 3.63) is 101 Å². The molecule has 0 N–H and O–H groups in total. The van der Waals surface area contributed by atoms with E-state index in [1.807, 2.05) is 35.2 Å². The monoisotopic (exact) mass is 426 g/mol. The standard InChI is InChI=1S/C28H30N2O2/c31-28(30-19-26(20-30)29-17-16-24-8-4-5-9-25(24)18-29)15-12-22-10-13-27(14-11-22)32-21-23-6-2-1-3-7-23/h1-11,13-14,26H,12,15-21H2. The zero-order valence-corrected chi connectivity index (χ0v) is 18.5. The lowest BCUT2D eigenvalue weighted by atomic mass is 9.96. The highest BCUT2D eigenvalue weighted by molar-refractivity contribution is 5.77. The van der Waals surface area contributed by atoms with E-state index in [4.69, 9.17) is 4.74 Å². The first kappa shape index (κ1) is 20.8. The SMILES string of the molecule is O=C(CCc1ccc(OCc2ccccc2)cc1)N1CC(N2CCc3ccccc3C2)C1. The topological polar surface area (TPSA) is 32.8 Å². The summed E-state index contributed by atoms with van der Waals surface area (Å²) in [7, 11) is 0. The number of carbonyl (C=O) groups excluding carboxylic acids is 1. The minimum Gasteiger partial charge on any atom is -0.489 e. The maximum atomic E-state index is 12.6. The molecule has 2 aliphatic rings. The molecular weight excluding hydrogens is 396 g/mol. The fourth-order valence-electron chi connectivity index (χ4n) is 4.62. The lowest BCUT2D eigenvalue weighted by Crippen LogP contribution is -2.61. The fourth-order valence-corrected chi connectivity index (χ4v) is 4.62. The number of nitrogens with zero attached hydrogens (tertiary/aromatic N) is 2. The summed E-state index contributed by atoms with van der Waals surface area (Å²) in [6.45, 7) is 4.42. The van der Waals surface area contributed by atoms with Crippen LogP contribution in [0.5, 0.6) is 5.75 Å². The molecule has 0 atom stereocenters. The van der Waals surface area contributed by atoms with Crippen LogP contribution in [0.25, 0.3) is 0 Å². The first-order valence-electron chi connectivity index (χ1n) is 11.6. The number of carbonyl (C=O) groups is 1. The van der Waals surface area contributed by atoms with E-state index in [1.54, 1.807) is 0 Å². The number of aryl methyl sites for hydroxylation is 1. The lowest BCUT2D eigenvalue weighted by molar-refractivity contribution is -0.138. The van der Waals surface area contributed by atoms with Crippen LogP contribution < -0.4 is 4.74 Å². The number of hydrogen-bond donors (Lipinski definition) is 0. The van der Waals surface area contributed by atoms with Gasteiger partial charge in [0.1, 0.15) is 12.4 Å². The van der Waals surface area contributed by atoms with Gasteiger partial charge < -0.3 is 9.64 Å². The van der Waals surface area contributed by atoms with Crippen molar-refractivity contribution in [2.24, 2.45) is 0 Å². The number of ether oxygens (including phenoxy) is 1. The molecule has 3 aromatic carbocycles. The van der Waals surface area contributed by atoms with Crippen LogP contribution in [0.15, 0.2) is 78.9 Å². The van der Waals surface area contributed by atoms with Crippen LogP contribution in [0.1, 0.15) is 28.7 Å². The Balaban J connectivity index is 1.04. The number of likely N-dealkylation sites (tertiary alicyclic amines) is 1. The molecule has 0 unspecified atom stereocenters. The Kier molecular flexibility index (Phi) is 6.22. The van der Waals surface area contributed by atoms with Gasteiger partial charge >= 0.3 is 0 Å². The first-order valence-corrected chi connectivity index (χ1v) is 11.6. The lowest BCUT2D eigenvalue weighted by Gasteiger charge is -2.47. The molecule has 164 valence electrons. The van der Waals surface area contributed by atoms with Crippen molar-refractivity contribution in [1.29, 1.82) is 0 Å². The van der Waals surface area contributed by atoms with Crippen molar-refractivity contribution in [3.63, 3.8) is 0 Å². The van der Waals surface area contributed by atoms with Crippen LogP contribution >= 0.6 is 0 Å². The summed E-state index contributed by atoms with van der Waals surface area (Å²) in [5.41, 5.74) is 5.26. The van der Waals surface area contributed by atoms with Crippen LogP contribution in [0.4, 0.5) is 0 Å². The molecule has 2 aliphatic heterocycles. The summed E-state index contributed by atoms with van der Waals surface area (Å²) in [6.07, 6.45) is 2.46. The highest BCUT2D eigenvalue weighted by atomic mass is 16.5. The molecule has 1 fully saturated rings. The van der Waals surface area contributed by atoms with E-state index in [2.05, 4.69) is 53.4 Å². The third kappa shape index (κ3) is 4.86. The van der Waals surface area contributed by atoms with E-state index in [1.165, 1.54) is 16.7 Å². The highest BCUT2D eigenvalue weighted by Gasteiger charge is 2.35. The van der Waals surface area contributed by atoms with Gasteiger partial charge in [-0.05, 0) is 47.2 Å². The van der Waals surface area contributed by atoms with Crippen molar-refractivity contribution >= 4 is 5.91 Å². The molecule has 0 saturated carbocycles. The maximum absolute atomic E-state index is 12.6.